The number of hydrogen-bond donors (Lipinski definition) is 3. The van der Waals surface area contributed by atoms with Gasteiger partial charge in [0.25, 0.3) is 18.2 Å². The zero-order valence-electron chi connectivity index (χ0n) is 16.9. The zero-order chi connectivity index (χ0) is 24.1. The first kappa shape index (κ1) is 24.7. The number of alkyl halides is 2. The van der Waals surface area contributed by atoms with E-state index in [1.165, 1.54) is 17.1 Å². The monoisotopic (exact) mass is 517 g/mol. The number of β-lactam (4-membered cyclic amide) rings is 1. The molecule has 0 aliphatic carbocycles. The first-order valence-electron chi connectivity index (χ1n) is 9.27. The van der Waals surface area contributed by atoms with Crippen LogP contribution in [0.3, 0.4) is 0 Å². The molecule has 1 saturated heterocycles. The molecule has 1 aromatic heterocycles. The van der Waals surface area contributed by atoms with Crippen molar-refractivity contribution in [1.82, 2.24) is 15.2 Å². The van der Waals surface area contributed by atoms with Gasteiger partial charge in [0.1, 0.15) is 22.8 Å². The van der Waals surface area contributed by atoms with Crippen molar-refractivity contribution in [3.63, 3.8) is 0 Å². The molecule has 0 saturated carbocycles. The Bertz CT molecular complexity index is 1060. The predicted molar refractivity (Wildman–Crippen MR) is 120 cm³/mol. The molecule has 1 fully saturated rings. The highest BCUT2D eigenvalue weighted by molar-refractivity contribution is 8.00. The average molecular weight is 518 g/mol. The average Bonchev–Trinajstić information content (AvgIpc) is 3.23. The fourth-order valence-electron chi connectivity index (χ4n) is 3.00. The zero-order valence-corrected chi connectivity index (χ0v) is 19.2. The number of nitrogens with zero attached hydrogens (tertiary/aromatic N) is 3. The number of carbonyl (C=O) groups excluding carboxylic acids is 3. The lowest BCUT2D eigenvalue weighted by Crippen LogP contribution is -2.71. The Morgan fingerprint density at radius 2 is 2.30 bits per heavy atom. The number of thiazole rings is 1. The molecular weight excluding hydrogens is 501 g/mol. The van der Waals surface area contributed by atoms with Crippen LogP contribution in [0.25, 0.3) is 0 Å². The second-order valence-corrected chi connectivity index (χ2v) is 8.76. The number of carbonyl (C=O) groups is 4. The fraction of sp³-hybridized carbons (Fsp3) is 0.333. The Labute approximate surface area is 199 Å². The van der Waals surface area contributed by atoms with Crippen molar-refractivity contribution in [3.05, 3.63) is 34.5 Å². The van der Waals surface area contributed by atoms with E-state index in [1.807, 2.05) is 0 Å². The van der Waals surface area contributed by atoms with E-state index in [0.717, 1.165) is 23.2 Å². The Hall–Kier alpha value is -2.97. The lowest BCUT2D eigenvalue weighted by Gasteiger charge is -2.49. The number of halogens is 2. The van der Waals surface area contributed by atoms with Crippen LogP contribution in [0.4, 0.5) is 9.52 Å². The molecule has 15 heteroatoms. The van der Waals surface area contributed by atoms with Crippen LogP contribution in [-0.4, -0.2) is 74.3 Å². The maximum absolute atomic E-state index is 13.2. The molecule has 3 N–H and O–H groups in total. The van der Waals surface area contributed by atoms with Crippen LogP contribution in [0.15, 0.2) is 34.0 Å². The molecule has 1 unspecified atom stereocenters. The van der Waals surface area contributed by atoms with Crippen LogP contribution in [0.5, 0.6) is 0 Å². The maximum atomic E-state index is 13.2. The second kappa shape index (κ2) is 10.8. The summed E-state index contributed by atoms with van der Waals surface area (Å²) in [7, 11) is 0. The number of thioether (sulfide) groups is 1. The highest BCUT2D eigenvalue weighted by Crippen LogP contribution is 2.40. The highest BCUT2D eigenvalue weighted by atomic mass is 35.5. The number of allylic oxidation sites excluding steroid dienone is 2. The van der Waals surface area contributed by atoms with Gasteiger partial charge in [0.15, 0.2) is 10.8 Å². The number of oxime groups is 1. The lowest BCUT2D eigenvalue weighted by atomic mass is 10.0. The molecule has 0 spiro atoms. The molecule has 0 bridgehead atoms. The van der Waals surface area contributed by atoms with E-state index in [1.54, 1.807) is 12.2 Å². The van der Waals surface area contributed by atoms with Gasteiger partial charge >= 0.3 is 5.97 Å². The summed E-state index contributed by atoms with van der Waals surface area (Å²) in [5.41, 5.74) is -0.181. The number of hydrogen-bond acceptors (Lipinski definition) is 9. The van der Waals surface area contributed by atoms with E-state index in [2.05, 4.69) is 25.6 Å². The van der Waals surface area contributed by atoms with E-state index in [4.69, 9.17) is 11.6 Å². The summed E-state index contributed by atoms with van der Waals surface area (Å²) in [6.45, 7) is 1.06. The number of aliphatic carboxylic acids is 1. The van der Waals surface area contributed by atoms with Crippen molar-refractivity contribution in [2.45, 2.75) is 24.7 Å². The molecule has 2 aliphatic heterocycles. The fourth-order valence-corrected chi connectivity index (χ4v) is 5.06. The van der Waals surface area contributed by atoms with Crippen molar-refractivity contribution in [1.29, 1.82) is 0 Å². The van der Waals surface area contributed by atoms with E-state index in [9.17, 15) is 28.7 Å². The SMILES string of the molecule is CC(F)ON=C(C(=O)N[C@@H]1C(=O)N2C(C(=O)O)=C(C=CCCl)CS[C@@H]12)c1csc(NC=O)n1. The number of carboxylic acids is 1. The van der Waals surface area contributed by atoms with Gasteiger partial charge in [0.2, 0.25) is 6.41 Å². The third-order valence-electron chi connectivity index (χ3n) is 4.33. The second-order valence-electron chi connectivity index (χ2n) is 6.49. The maximum Gasteiger partial charge on any atom is 0.352 e. The smallest absolute Gasteiger partial charge is 0.352 e. The van der Waals surface area contributed by atoms with Gasteiger partial charge in [-0.1, -0.05) is 17.3 Å². The van der Waals surface area contributed by atoms with E-state index in [0.29, 0.717) is 12.0 Å². The quantitative estimate of drug-likeness (QED) is 0.138. The molecule has 11 nitrogen and oxygen atoms in total. The summed E-state index contributed by atoms with van der Waals surface area (Å²) in [6.07, 6.45) is 1.69. The van der Waals surface area contributed by atoms with E-state index < -0.39 is 41.3 Å². The van der Waals surface area contributed by atoms with Gasteiger partial charge in [-0.05, 0) is 5.57 Å². The van der Waals surface area contributed by atoms with Gasteiger partial charge in [0, 0.05) is 23.9 Å². The minimum atomic E-state index is -1.82. The Morgan fingerprint density at radius 1 is 1.55 bits per heavy atom. The number of carboxylic acid groups (broad SMARTS) is 1. The summed E-state index contributed by atoms with van der Waals surface area (Å²) in [6, 6.07) is -1.05. The topological polar surface area (TPSA) is 150 Å². The summed E-state index contributed by atoms with van der Waals surface area (Å²) in [5, 5.41) is 18.8. The third-order valence-corrected chi connectivity index (χ3v) is 6.58. The molecule has 1 aromatic rings. The van der Waals surface area contributed by atoms with E-state index >= 15 is 0 Å². The van der Waals surface area contributed by atoms with Crippen molar-refractivity contribution >= 4 is 69.7 Å². The van der Waals surface area contributed by atoms with Gasteiger partial charge in [-0.25, -0.2) is 9.78 Å². The number of fused-ring (bicyclic) bond motifs is 1. The molecule has 3 atom stereocenters. The normalized spacial score (nSPS) is 21.4. The minimum absolute atomic E-state index is 0.0120. The van der Waals surface area contributed by atoms with Crippen LogP contribution in [0.2, 0.25) is 0 Å². The number of amides is 3. The van der Waals surface area contributed by atoms with Crippen LogP contribution in [0.1, 0.15) is 12.6 Å². The minimum Gasteiger partial charge on any atom is -0.477 e. The van der Waals surface area contributed by atoms with Gasteiger partial charge in [-0.3, -0.25) is 19.3 Å². The summed E-state index contributed by atoms with van der Waals surface area (Å²) >= 11 is 7.87. The molecule has 3 amide bonds. The number of aromatic nitrogens is 1. The molecule has 2 aliphatic rings. The molecule has 3 heterocycles. The predicted octanol–water partition coefficient (Wildman–Crippen LogP) is 1.28. The lowest BCUT2D eigenvalue weighted by molar-refractivity contribution is -0.150. The Morgan fingerprint density at radius 3 is 2.94 bits per heavy atom. The van der Waals surface area contributed by atoms with Crippen molar-refractivity contribution < 1.29 is 33.5 Å². The largest absolute Gasteiger partial charge is 0.477 e. The van der Waals surface area contributed by atoms with Crippen LogP contribution >= 0.6 is 34.7 Å². The molecule has 3 rings (SSSR count). The van der Waals surface area contributed by atoms with Crippen LogP contribution in [0, 0.1) is 0 Å². The highest BCUT2D eigenvalue weighted by Gasteiger charge is 2.54. The van der Waals surface area contributed by atoms with Crippen molar-refractivity contribution in [2.75, 3.05) is 16.9 Å². The van der Waals surface area contributed by atoms with Crippen LogP contribution < -0.4 is 10.6 Å². The molecule has 33 heavy (non-hydrogen) atoms. The van der Waals surface area contributed by atoms with Crippen molar-refractivity contribution in [3.8, 4) is 0 Å². The first-order valence-corrected chi connectivity index (χ1v) is 11.7. The van der Waals surface area contributed by atoms with Gasteiger partial charge in [0.05, 0.1) is 0 Å². The number of nitrogens with one attached hydrogen (secondary N) is 2. The van der Waals surface area contributed by atoms with Crippen molar-refractivity contribution in [2.24, 2.45) is 5.16 Å². The first-order chi connectivity index (χ1) is 15.8. The molecule has 0 aromatic carbocycles. The number of anilines is 1. The molecular formula is C18H17ClFN5O6S2. The van der Waals surface area contributed by atoms with Crippen LogP contribution in [-0.2, 0) is 24.0 Å². The Balaban J connectivity index is 1.81. The van der Waals surface area contributed by atoms with E-state index in [-0.39, 0.29) is 28.2 Å². The molecule has 176 valence electrons. The number of rotatable bonds is 10. The van der Waals surface area contributed by atoms with Gasteiger partial charge in [-0.2, -0.15) is 4.39 Å². The Kier molecular flexibility index (Phi) is 8.05. The standard InChI is InChI=1S/C18H17ClFN5O6S2/c1-8(20)31-24-11(10-6-33-18(22-10)21-7-26)14(27)23-12-15(28)25-13(17(29)30)9(3-2-4-19)5-32-16(12)25/h2-3,6-8,12,16H,4-5H2,1H3,(H,23,27)(H,29,30)(H,21,22,26)/t8?,12-,16+/m1/s1. The van der Waals surface area contributed by atoms with Gasteiger partial charge in [-0.15, -0.1) is 34.7 Å². The molecule has 0 radical (unpaired) electrons. The third kappa shape index (κ3) is 5.34. The summed E-state index contributed by atoms with van der Waals surface area (Å²) in [4.78, 5) is 57.6. The van der Waals surface area contributed by atoms with Gasteiger partial charge < -0.3 is 20.6 Å². The summed E-state index contributed by atoms with van der Waals surface area (Å²) in [5.74, 6) is -2.33. The summed E-state index contributed by atoms with van der Waals surface area (Å²) < 4.78 is 13.2.